The first-order chi connectivity index (χ1) is 8.58. The normalized spacial score (nSPS) is 12.2. The molecule has 5 heteroatoms. The Morgan fingerprint density at radius 2 is 2.11 bits per heavy atom. The van der Waals surface area contributed by atoms with Crippen LogP contribution in [0.4, 0.5) is 0 Å². The fourth-order valence-corrected chi connectivity index (χ4v) is 1.71. The number of amidine groups is 1. The minimum absolute atomic E-state index is 0.207. The highest BCUT2D eigenvalue weighted by Gasteiger charge is 2.14. The largest absolute Gasteiger partial charge is 0.496 e. The van der Waals surface area contributed by atoms with Gasteiger partial charge in [0.25, 0.3) is 0 Å². The molecule has 0 aliphatic heterocycles. The van der Waals surface area contributed by atoms with Crippen LogP contribution in [0.5, 0.6) is 5.75 Å². The zero-order chi connectivity index (χ0) is 13.5. The van der Waals surface area contributed by atoms with Gasteiger partial charge in [0.1, 0.15) is 5.75 Å². The SMILES string of the molecule is COc1ccccc1CN(CC(N)=NO)C(C)C. The molecule has 0 spiro atoms. The zero-order valence-electron chi connectivity index (χ0n) is 11.1. The molecule has 5 nitrogen and oxygen atoms in total. The second-order valence-corrected chi connectivity index (χ2v) is 4.40. The lowest BCUT2D eigenvalue weighted by molar-refractivity contribution is 0.235. The molecule has 0 fully saturated rings. The van der Waals surface area contributed by atoms with Crippen molar-refractivity contribution in [3.05, 3.63) is 29.8 Å². The van der Waals surface area contributed by atoms with Gasteiger partial charge < -0.3 is 15.7 Å². The van der Waals surface area contributed by atoms with E-state index in [-0.39, 0.29) is 11.9 Å². The molecule has 1 aromatic rings. The average molecular weight is 251 g/mol. The number of hydrogen-bond donors (Lipinski definition) is 2. The van der Waals surface area contributed by atoms with Crippen LogP contribution in [-0.4, -0.2) is 35.6 Å². The first-order valence-electron chi connectivity index (χ1n) is 5.90. The lowest BCUT2D eigenvalue weighted by atomic mass is 10.1. The van der Waals surface area contributed by atoms with Gasteiger partial charge in [-0.1, -0.05) is 23.4 Å². The van der Waals surface area contributed by atoms with Gasteiger partial charge in [0, 0.05) is 18.2 Å². The van der Waals surface area contributed by atoms with E-state index in [1.54, 1.807) is 7.11 Å². The summed E-state index contributed by atoms with van der Waals surface area (Å²) < 4.78 is 5.32. The van der Waals surface area contributed by atoms with E-state index in [9.17, 15) is 0 Å². The van der Waals surface area contributed by atoms with Gasteiger partial charge in [0.2, 0.25) is 0 Å². The Morgan fingerprint density at radius 1 is 1.44 bits per heavy atom. The van der Waals surface area contributed by atoms with Crippen LogP contribution in [0.1, 0.15) is 19.4 Å². The number of hydrogen-bond acceptors (Lipinski definition) is 4. The number of methoxy groups -OCH3 is 1. The molecule has 1 rings (SSSR count). The van der Waals surface area contributed by atoms with E-state index in [1.165, 1.54) is 0 Å². The Balaban J connectivity index is 2.83. The number of oxime groups is 1. The second kappa shape index (κ2) is 6.86. The minimum Gasteiger partial charge on any atom is -0.496 e. The Hall–Kier alpha value is -1.75. The fraction of sp³-hybridized carbons (Fsp3) is 0.462. The monoisotopic (exact) mass is 251 g/mol. The maximum Gasteiger partial charge on any atom is 0.153 e. The predicted molar refractivity (Wildman–Crippen MR) is 71.9 cm³/mol. The molecule has 0 aliphatic carbocycles. The van der Waals surface area contributed by atoms with Crippen molar-refractivity contribution < 1.29 is 9.94 Å². The number of nitrogens with zero attached hydrogens (tertiary/aromatic N) is 2. The van der Waals surface area contributed by atoms with E-state index >= 15 is 0 Å². The molecule has 0 saturated heterocycles. The van der Waals surface area contributed by atoms with E-state index in [0.717, 1.165) is 11.3 Å². The van der Waals surface area contributed by atoms with E-state index in [2.05, 4.69) is 23.9 Å². The topological polar surface area (TPSA) is 71.1 Å². The average Bonchev–Trinajstić information content (AvgIpc) is 2.38. The summed E-state index contributed by atoms with van der Waals surface area (Å²) in [5.41, 5.74) is 6.65. The van der Waals surface area contributed by atoms with Crippen molar-refractivity contribution in [1.82, 2.24) is 4.90 Å². The first kappa shape index (κ1) is 14.3. The summed E-state index contributed by atoms with van der Waals surface area (Å²) in [6, 6.07) is 8.14. The molecule has 0 atom stereocenters. The molecule has 0 aliphatic rings. The third-order valence-electron chi connectivity index (χ3n) is 2.79. The van der Waals surface area contributed by atoms with Gasteiger partial charge in [0.05, 0.1) is 13.7 Å². The Bertz CT molecular complexity index is 405. The van der Waals surface area contributed by atoms with Gasteiger partial charge in [-0.25, -0.2) is 0 Å². The number of ether oxygens (including phenoxy) is 1. The van der Waals surface area contributed by atoms with E-state index < -0.39 is 0 Å². The van der Waals surface area contributed by atoms with Crippen LogP contribution in [0.3, 0.4) is 0 Å². The van der Waals surface area contributed by atoms with Crippen LogP contribution in [0, 0.1) is 0 Å². The van der Waals surface area contributed by atoms with Gasteiger partial charge in [-0.15, -0.1) is 0 Å². The number of para-hydroxylation sites is 1. The Morgan fingerprint density at radius 3 is 2.67 bits per heavy atom. The summed E-state index contributed by atoms with van der Waals surface area (Å²) in [5, 5.41) is 11.7. The highest BCUT2D eigenvalue weighted by Crippen LogP contribution is 2.20. The third kappa shape index (κ3) is 3.92. The molecular formula is C13H21N3O2. The van der Waals surface area contributed by atoms with Gasteiger partial charge in [0.15, 0.2) is 5.84 Å². The molecular weight excluding hydrogens is 230 g/mol. The predicted octanol–water partition coefficient (Wildman–Crippen LogP) is 1.65. The lowest BCUT2D eigenvalue weighted by Gasteiger charge is -2.26. The van der Waals surface area contributed by atoms with Crippen molar-refractivity contribution in [2.45, 2.75) is 26.4 Å². The number of nitrogens with two attached hydrogens (primary N) is 1. The third-order valence-corrected chi connectivity index (χ3v) is 2.79. The van der Waals surface area contributed by atoms with Crippen LogP contribution >= 0.6 is 0 Å². The Kier molecular flexibility index (Phi) is 5.45. The van der Waals surface area contributed by atoms with Crippen molar-refractivity contribution in [3.63, 3.8) is 0 Å². The molecule has 0 saturated carbocycles. The summed E-state index contributed by atoms with van der Waals surface area (Å²) in [5.74, 6) is 1.06. The maximum atomic E-state index is 8.64. The molecule has 3 N–H and O–H groups in total. The lowest BCUT2D eigenvalue weighted by Crippen LogP contribution is -2.38. The van der Waals surface area contributed by atoms with Gasteiger partial charge in [-0.2, -0.15) is 0 Å². The van der Waals surface area contributed by atoms with E-state index in [0.29, 0.717) is 13.1 Å². The molecule has 0 aromatic heterocycles. The van der Waals surface area contributed by atoms with Gasteiger partial charge >= 0.3 is 0 Å². The van der Waals surface area contributed by atoms with Crippen molar-refractivity contribution in [3.8, 4) is 5.75 Å². The molecule has 1 aromatic carbocycles. The first-order valence-corrected chi connectivity index (χ1v) is 5.90. The molecule has 100 valence electrons. The van der Waals surface area contributed by atoms with Crippen molar-refractivity contribution in [2.24, 2.45) is 10.9 Å². The fourth-order valence-electron chi connectivity index (χ4n) is 1.71. The van der Waals surface area contributed by atoms with Crippen LogP contribution < -0.4 is 10.5 Å². The number of benzene rings is 1. The van der Waals surface area contributed by atoms with Crippen molar-refractivity contribution >= 4 is 5.84 Å². The van der Waals surface area contributed by atoms with Crippen LogP contribution in [0.2, 0.25) is 0 Å². The molecule has 0 radical (unpaired) electrons. The van der Waals surface area contributed by atoms with Crippen LogP contribution in [-0.2, 0) is 6.54 Å². The summed E-state index contributed by atoms with van der Waals surface area (Å²) in [6.07, 6.45) is 0. The smallest absolute Gasteiger partial charge is 0.153 e. The Labute approximate surface area is 108 Å². The summed E-state index contributed by atoms with van der Waals surface area (Å²) in [6.45, 7) is 5.25. The van der Waals surface area contributed by atoms with Crippen LogP contribution in [0.15, 0.2) is 29.4 Å². The summed E-state index contributed by atoms with van der Waals surface area (Å²) >= 11 is 0. The highest BCUT2D eigenvalue weighted by atomic mass is 16.5. The maximum absolute atomic E-state index is 8.64. The van der Waals surface area contributed by atoms with Crippen LogP contribution in [0.25, 0.3) is 0 Å². The quantitative estimate of drug-likeness (QED) is 0.349. The van der Waals surface area contributed by atoms with Crippen molar-refractivity contribution in [2.75, 3.05) is 13.7 Å². The summed E-state index contributed by atoms with van der Waals surface area (Å²) in [7, 11) is 1.65. The molecule has 0 unspecified atom stereocenters. The standard InChI is InChI=1S/C13H21N3O2/c1-10(2)16(9-13(14)15-17)8-11-6-4-5-7-12(11)18-3/h4-7,10,17H,8-9H2,1-3H3,(H2,14,15). The molecule has 0 amide bonds. The second-order valence-electron chi connectivity index (χ2n) is 4.40. The highest BCUT2D eigenvalue weighted by molar-refractivity contribution is 5.81. The number of rotatable bonds is 6. The minimum atomic E-state index is 0.207. The van der Waals surface area contributed by atoms with Gasteiger partial charge in [-0.3, -0.25) is 4.90 Å². The van der Waals surface area contributed by atoms with Gasteiger partial charge in [-0.05, 0) is 19.9 Å². The molecule has 18 heavy (non-hydrogen) atoms. The summed E-state index contributed by atoms with van der Waals surface area (Å²) in [4.78, 5) is 2.10. The molecule has 0 bridgehead atoms. The van der Waals surface area contributed by atoms with Crippen molar-refractivity contribution in [1.29, 1.82) is 0 Å². The molecule has 0 heterocycles. The van der Waals surface area contributed by atoms with E-state index in [4.69, 9.17) is 15.7 Å². The zero-order valence-corrected chi connectivity index (χ0v) is 11.1. The van der Waals surface area contributed by atoms with E-state index in [1.807, 2.05) is 24.3 Å².